The number of likely N-dealkylation sites (N-methyl/N-ethyl adjacent to an activating group) is 1. The second kappa shape index (κ2) is 4.80. The van der Waals surface area contributed by atoms with Gasteiger partial charge in [-0.25, -0.2) is 8.42 Å². The summed E-state index contributed by atoms with van der Waals surface area (Å²) in [5, 5.41) is 3.10. The van der Waals surface area contributed by atoms with E-state index in [1.165, 1.54) is 0 Å². The van der Waals surface area contributed by atoms with E-state index in [4.69, 9.17) is 0 Å². The van der Waals surface area contributed by atoms with E-state index in [1.807, 2.05) is 14.0 Å². The van der Waals surface area contributed by atoms with Gasteiger partial charge >= 0.3 is 0 Å². The molecule has 5 heteroatoms. The molecule has 0 saturated carbocycles. The second-order valence-electron chi connectivity index (χ2n) is 4.46. The van der Waals surface area contributed by atoms with E-state index in [1.54, 1.807) is 11.2 Å². The minimum Gasteiger partial charge on any atom is -0.318 e. The van der Waals surface area contributed by atoms with Crippen molar-refractivity contribution in [2.75, 3.05) is 25.9 Å². The van der Waals surface area contributed by atoms with Crippen LogP contribution in [0.5, 0.6) is 0 Å². The zero-order chi connectivity index (χ0) is 11.5. The molecule has 90 valence electrons. The SMILES string of the molecule is CCS(=O)(=O)N1CCCCC1(C)CNC. The highest BCUT2D eigenvalue weighted by atomic mass is 32.2. The van der Waals surface area contributed by atoms with Crippen molar-refractivity contribution in [2.24, 2.45) is 0 Å². The van der Waals surface area contributed by atoms with E-state index < -0.39 is 10.0 Å². The fourth-order valence-corrected chi connectivity index (χ4v) is 3.89. The summed E-state index contributed by atoms with van der Waals surface area (Å²) in [6.07, 6.45) is 3.06. The highest BCUT2D eigenvalue weighted by Gasteiger charge is 2.40. The zero-order valence-electron chi connectivity index (χ0n) is 9.91. The summed E-state index contributed by atoms with van der Waals surface area (Å²) in [5.74, 6) is 0.201. The van der Waals surface area contributed by atoms with Crippen LogP contribution < -0.4 is 5.32 Å². The lowest BCUT2D eigenvalue weighted by Gasteiger charge is -2.43. The zero-order valence-corrected chi connectivity index (χ0v) is 10.7. The lowest BCUT2D eigenvalue weighted by atomic mass is 9.91. The molecule has 0 radical (unpaired) electrons. The van der Waals surface area contributed by atoms with Crippen molar-refractivity contribution in [1.82, 2.24) is 9.62 Å². The van der Waals surface area contributed by atoms with Crippen LogP contribution in [0.3, 0.4) is 0 Å². The van der Waals surface area contributed by atoms with Gasteiger partial charge in [-0.3, -0.25) is 0 Å². The van der Waals surface area contributed by atoms with Gasteiger partial charge in [0.2, 0.25) is 10.0 Å². The second-order valence-corrected chi connectivity index (χ2v) is 6.64. The maximum absolute atomic E-state index is 11.9. The summed E-state index contributed by atoms with van der Waals surface area (Å²) in [6.45, 7) is 5.15. The van der Waals surface area contributed by atoms with Gasteiger partial charge in [0, 0.05) is 18.6 Å². The number of hydrogen-bond acceptors (Lipinski definition) is 3. The molecule has 1 aliphatic rings. The minimum atomic E-state index is -3.06. The summed E-state index contributed by atoms with van der Waals surface area (Å²) in [7, 11) is -1.19. The van der Waals surface area contributed by atoms with Gasteiger partial charge in [-0.1, -0.05) is 6.42 Å². The smallest absolute Gasteiger partial charge is 0.214 e. The minimum absolute atomic E-state index is 0.201. The summed E-state index contributed by atoms with van der Waals surface area (Å²) in [4.78, 5) is 0. The van der Waals surface area contributed by atoms with Gasteiger partial charge in [-0.15, -0.1) is 0 Å². The first kappa shape index (κ1) is 12.9. The molecule has 0 aromatic rings. The summed E-state index contributed by atoms with van der Waals surface area (Å²) in [6, 6.07) is 0. The Morgan fingerprint density at radius 3 is 2.60 bits per heavy atom. The molecule has 1 unspecified atom stereocenters. The van der Waals surface area contributed by atoms with Crippen molar-refractivity contribution in [3.63, 3.8) is 0 Å². The van der Waals surface area contributed by atoms with Gasteiger partial charge in [-0.05, 0) is 33.7 Å². The van der Waals surface area contributed by atoms with Crippen LogP contribution in [-0.4, -0.2) is 44.2 Å². The largest absolute Gasteiger partial charge is 0.318 e. The van der Waals surface area contributed by atoms with Crippen LogP contribution in [0.25, 0.3) is 0 Å². The topological polar surface area (TPSA) is 49.4 Å². The third kappa shape index (κ3) is 2.71. The predicted octanol–water partition coefficient (Wildman–Crippen LogP) is 0.800. The Labute approximate surface area is 93.1 Å². The molecule has 1 rings (SSSR count). The molecule has 0 aromatic heterocycles. The monoisotopic (exact) mass is 234 g/mol. The Morgan fingerprint density at radius 1 is 1.40 bits per heavy atom. The number of nitrogens with zero attached hydrogens (tertiary/aromatic N) is 1. The van der Waals surface area contributed by atoms with E-state index in [2.05, 4.69) is 5.32 Å². The highest BCUT2D eigenvalue weighted by molar-refractivity contribution is 7.89. The summed E-state index contributed by atoms with van der Waals surface area (Å²) < 4.78 is 25.6. The molecule has 4 nitrogen and oxygen atoms in total. The van der Waals surface area contributed by atoms with E-state index in [0.717, 1.165) is 25.8 Å². The predicted molar refractivity (Wildman–Crippen MR) is 62.3 cm³/mol. The van der Waals surface area contributed by atoms with E-state index in [-0.39, 0.29) is 11.3 Å². The van der Waals surface area contributed by atoms with Crippen LogP contribution in [0.2, 0.25) is 0 Å². The molecule has 1 aliphatic heterocycles. The van der Waals surface area contributed by atoms with Gasteiger partial charge in [0.25, 0.3) is 0 Å². The van der Waals surface area contributed by atoms with Crippen LogP contribution in [0.4, 0.5) is 0 Å². The molecule has 0 aliphatic carbocycles. The molecule has 0 spiro atoms. The first-order valence-electron chi connectivity index (χ1n) is 5.61. The van der Waals surface area contributed by atoms with Gasteiger partial charge < -0.3 is 5.32 Å². The maximum atomic E-state index is 11.9. The Hall–Kier alpha value is -0.130. The summed E-state index contributed by atoms with van der Waals surface area (Å²) >= 11 is 0. The fourth-order valence-electron chi connectivity index (χ4n) is 2.34. The van der Waals surface area contributed by atoms with Crippen LogP contribution in [-0.2, 0) is 10.0 Å². The molecule has 1 atom stereocenters. The first-order valence-corrected chi connectivity index (χ1v) is 7.22. The van der Waals surface area contributed by atoms with Gasteiger partial charge in [0.1, 0.15) is 0 Å². The summed E-state index contributed by atoms with van der Waals surface area (Å²) in [5.41, 5.74) is -0.234. The number of hydrogen-bond donors (Lipinski definition) is 1. The molecule has 15 heavy (non-hydrogen) atoms. The van der Waals surface area contributed by atoms with Crippen LogP contribution in [0, 0.1) is 0 Å². The van der Waals surface area contributed by atoms with Crippen molar-refractivity contribution in [1.29, 1.82) is 0 Å². The van der Waals surface area contributed by atoms with Gasteiger partial charge in [0.05, 0.1) is 5.75 Å². The quantitative estimate of drug-likeness (QED) is 0.783. The molecule has 1 N–H and O–H groups in total. The van der Waals surface area contributed by atoms with Crippen LogP contribution >= 0.6 is 0 Å². The maximum Gasteiger partial charge on any atom is 0.214 e. The number of rotatable bonds is 4. The molecule has 0 aromatic carbocycles. The van der Waals surface area contributed by atoms with E-state index in [0.29, 0.717) is 6.54 Å². The standard InChI is InChI=1S/C10H22N2O2S/c1-4-15(13,14)12-8-6-5-7-10(12,2)9-11-3/h11H,4-9H2,1-3H3. The lowest BCUT2D eigenvalue weighted by molar-refractivity contribution is 0.150. The van der Waals surface area contributed by atoms with Crippen molar-refractivity contribution < 1.29 is 8.42 Å². The van der Waals surface area contributed by atoms with Crippen LogP contribution in [0.15, 0.2) is 0 Å². The first-order chi connectivity index (χ1) is 6.96. The Kier molecular flexibility index (Phi) is 4.14. The third-order valence-corrected chi connectivity index (χ3v) is 5.21. The average molecular weight is 234 g/mol. The van der Waals surface area contributed by atoms with Crippen molar-refractivity contribution >= 4 is 10.0 Å². The van der Waals surface area contributed by atoms with E-state index in [9.17, 15) is 8.42 Å². The fraction of sp³-hybridized carbons (Fsp3) is 1.00. The highest BCUT2D eigenvalue weighted by Crippen LogP contribution is 2.30. The molecular weight excluding hydrogens is 212 g/mol. The van der Waals surface area contributed by atoms with Crippen molar-refractivity contribution in [2.45, 2.75) is 38.6 Å². The Morgan fingerprint density at radius 2 is 2.07 bits per heavy atom. The lowest BCUT2D eigenvalue weighted by Crippen LogP contribution is -2.57. The normalized spacial score (nSPS) is 29.3. The van der Waals surface area contributed by atoms with Gasteiger partial charge in [0.15, 0.2) is 0 Å². The Balaban J connectivity index is 2.92. The molecule has 0 bridgehead atoms. The number of nitrogens with one attached hydrogen (secondary N) is 1. The number of sulfonamides is 1. The molecule has 1 saturated heterocycles. The average Bonchev–Trinajstić information content (AvgIpc) is 2.18. The third-order valence-electron chi connectivity index (χ3n) is 3.19. The molecule has 1 fully saturated rings. The van der Waals surface area contributed by atoms with Crippen molar-refractivity contribution in [3.05, 3.63) is 0 Å². The number of piperidine rings is 1. The van der Waals surface area contributed by atoms with E-state index >= 15 is 0 Å². The van der Waals surface area contributed by atoms with Gasteiger partial charge in [-0.2, -0.15) is 4.31 Å². The molecule has 1 heterocycles. The Bertz CT molecular complexity index is 299. The van der Waals surface area contributed by atoms with Crippen molar-refractivity contribution in [3.8, 4) is 0 Å². The molecular formula is C10H22N2O2S. The van der Waals surface area contributed by atoms with Crippen LogP contribution in [0.1, 0.15) is 33.1 Å². The molecule has 0 amide bonds.